The maximum Gasteiger partial charge on any atom is 0.337 e. The van der Waals surface area contributed by atoms with Crippen molar-refractivity contribution in [2.75, 3.05) is 11.8 Å². The molecular formula is C22H23ClN4O5S. The van der Waals surface area contributed by atoms with Crippen LogP contribution in [0.1, 0.15) is 51.9 Å². The molecule has 3 rings (SSSR count). The molecule has 0 bridgehead atoms. The molecule has 0 atom stereocenters. The van der Waals surface area contributed by atoms with Crippen LogP contribution in [0.15, 0.2) is 53.4 Å². The number of H-pyrrole nitrogens is 1. The van der Waals surface area contributed by atoms with Gasteiger partial charge in [0.1, 0.15) is 10.6 Å². The topological polar surface area (TPSA) is 130 Å². The number of esters is 1. The quantitative estimate of drug-likeness (QED) is 0.413. The van der Waals surface area contributed by atoms with Gasteiger partial charge in [-0.25, -0.2) is 13.2 Å². The minimum Gasteiger partial charge on any atom is -0.465 e. The minimum absolute atomic E-state index is 0.0222. The Hall–Kier alpha value is -3.37. The van der Waals surface area contributed by atoms with Gasteiger partial charge in [-0.1, -0.05) is 37.6 Å². The van der Waals surface area contributed by atoms with Crippen molar-refractivity contribution in [3.8, 4) is 0 Å². The van der Waals surface area contributed by atoms with Gasteiger partial charge in [-0.05, 0) is 47.9 Å². The number of hydrogen-bond acceptors (Lipinski definition) is 6. The zero-order chi connectivity index (χ0) is 24.2. The predicted molar refractivity (Wildman–Crippen MR) is 124 cm³/mol. The Morgan fingerprint density at radius 1 is 1.15 bits per heavy atom. The van der Waals surface area contributed by atoms with Gasteiger partial charge in [-0.3, -0.25) is 14.6 Å². The number of nitrogens with one attached hydrogen (secondary N) is 3. The number of amides is 1. The van der Waals surface area contributed by atoms with E-state index < -0.39 is 21.9 Å². The summed E-state index contributed by atoms with van der Waals surface area (Å²) in [5.74, 6) is -0.889. The molecule has 11 heteroatoms. The van der Waals surface area contributed by atoms with E-state index in [1.54, 1.807) is 18.2 Å². The zero-order valence-corrected chi connectivity index (χ0v) is 19.8. The van der Waals surface area contributed by atoms with Gasteiger partial charge in [0.05, 0.1) is 23.4 Å². The predicted octanol–water partition coefficient (Wildman–Crippen LogP) is 3.70. The standard InChI is InChI=1S/C22H23ClN4O5S/c1-13(2)18-11-19(26-25-18)21(28)24-12-14-8-15(22(29)32-3)10-16(9-14)27-33(30,31)20-7-5-4-6-17(20)23/h4-11,13,27H,12H2,1-3H3,(H,24,28)(H,25,26). The summed E-state index contributed by atoms with van der Waals surface area (Å²) in [6, 6.07) is 12.0. The van der Waals surface area contributed by atoms with Gasteiger partial charge in [0.25, 0.3) is 15.9 Å². The minimum atomic E-state index is -4.03. The smallest absolute Gasteiger partial charge is 0.337 e. The van der Waals surface area contributed by atoms with Crippen LogP contribution in [0.25, 0.3) is 0 Å². The number of nitrogens with zero attached hydrogens (tertiary/aromatic N) is 1. The number of ether oxygens (including phenoxy) is 1. The van der Waals surface area contributed by atoms with Crippen LogP contribution in [0.2, 0.25) is 5.02 Å². The van der Waals surface area contributed by atoms with Gasteiger partial charge in [-0.15, -0.1) is 0 Å². The molecular weight excluding hydrogens is 468 g/mol. The number of hydrogen-bond donors (Lipinski definition) is 3. The van der Waals surface area contributed by atoms with Gasteiger partial charge < -0.3 is 10.1 Å². The fourth-order valence-electron chi connectivity index (χ4n) is 2.98. The van der Waals surface area contributed by atoms with Gasteiger partial charge in [-0.2, -0.15) is 5.10 Å². The summed E-state index contributed by atoms with van der Waals surface area (Å²) in [6.07, 6.45) is 0. The second-order valence-electron chi connectivity index (χ2n) is 7.49. The molecule has 0 radical (unpaired) electrons. The van der Waals surface area contributed by atoms with Crippen molar-refractivity contribution in [1.82, 2.24) is 15.5 Å². The van der Waals surface area contributed by atoms with E-state index in [4.69, 9.17) is 16.3 Å². The van der Waals surface area contributed by atoms with Crippen molar-refractivity contribution in [3.05, 3.63) is 76.1 Å². The van der Waals surface area contributed by atoms with Gasteiger partial charge in [0.2, 0.25) is 0 Å². The van der Waals surface area contributed by atoms with Crippen molar-refractivity contribution in [1.29, 1.82) is 0 Å². The molecule has 0 fully saturated rings. The van der Waals surface area contributed by atoms with Crippen molar-refractivity contribution >= 4 is 39.2 Å². The maximum absolute atomic E-state index is 12.8. The molecule has 3 aromatic rings. The highest BCUT2D eigenvalue weighted by molar-refractivity contribution is 7.92. The number of methoxy groups -OCH3 is 1. The first-order valence-corrected chi connectivity index (χ1v) is 11.8. The van der Waals surface area contributed by atoms with Crippen LogP contribution >= 0.6 is 11.6 Å². The SMILES string of the molecule is COC(=O)c1cc(CNC(=O)c2cc(C(C)C)[nH]n2)cc(NS(=O)(=O)c2ccccc2Cl)c1. The molecule has 0 aliphatic rings. The van der Waals surface area contributed by atoms with Crippen LogP contribution in [0.5, 0.6) is 0 Å². The zero-order valence-electron chi connectivity index (χ0n) is 18.2. The van der Waals surface area contributed by atoms with Crippen molar-refractivity contribution in [2.24, 2.45) is 0 Å². The fraction of sp³-hybridized carbons (Fsp3) is 0.227. The number of rotatable bonds is 8. The van der Waals surface area contributed by atoms with E-state index in [0.717, 1.165) is 5.69 Å². The van der Waals surface area contributed by atoms with Crippen molar-refractivity contribution in [3.63, 3.8) is 0 Å². The number of carbonyl (C=O) groups is 2. The van der Waals surface area contributed by atoms with Crippen molar-refractivity contribution < 1.29 is 22.7 Å². The Labute approximate surface area is 196 Å². The number of benzene rings is 2. The first-order valence-electron chi connectivity index (χ1n) is 9.94. The lowest BCUT2D eigenvalue weighted by atomic mass is 10.1. The molecule has 1 amide bonds. The molecule has 9 nitrogen and oxygen atoms in total. The highest BCUT2D eigenvalue weighted by Crippen LogP contribution is 2.25. The van der Waals surface area contributed by atoms with Gasteiger partial charge in [0.15, 0.2) is 0 Å². The van der Waals surface area contributed by atoms with Crippen LogP contribution in [-0.2, 0) is 21.3 Å². The summed E-state index contributed by atoms with van der Waals surface area (Å²) in [5, 5.41) is 9.58. The Morgan fingerprint density at radius 2 is 1.88 bits per heavy atom. The summed E-state index contributed by atoms with van der Waals surface area (Å²) >= 11 is 6.03. The number of carbonyl (C=O) groups excluding carboxylic acids is 2. The van der Waals surface area contributed by atoms with E-state index in [1.165, 1.54) is 37.4 Å². The Bertz CT molecular complexity index is 1290. The number of halogens is 1. The van der Waals surface area contributed by atoms with Crippen molar-refractivity contribution in [2.45, 2.75) is 31.2 Å². The first kappa shape index (κ1) is 24.3. The van der Waals surface area contributed by atoms with Crippen LogP contribution in [-0.4, -0.2) is 37.6 Å². The van der Waals surface area contributed by atoms with Gasteiger partial charge >= 0.3 is 5.97 Å². The van der Waals surface area contributed by atoms with Crippen LogP contribution in [0.4, 0.5) is 5.69 Å². The normalized spacial score (nSPS) is 11.3. The Morgan fingerprint density at radius 3 is 2.52 bits per heavy atom. The third-order valence-corrected chi connectivity index (χ3v) is 6.58. The van der Waals surface area contributed by atoms with E-state index in [0.29, 0.717) is 5.56 Å². The highest BCUT2D eigenvalue weighted by atomic mass is 35.5. The Balaban J connectivity index is 1.84. The molecule has 33 heavy (non-hydrogen) atoms. The lowest BCUT2D eigenvalue weighted by Crippen LogP contribution is -2.23. The molecule has 0 aliphatic heterocycles. The number of sulfonamides is 1. The molecule has 0 aliphatic carbocycles. The first-order chi connectivity index (χ1) is 15.6. The molecule has 2 aromatic carbocycles. The van der Waals surface area contributed by atoms with Gasteiger partial charge in [0, 0.05) is 12.2 Å². The number of aromatic nitrogens is 2. The summed E-state index contributed by atoms with van der Waals surface area (Å²) < 4.78 is 32.8. The monoisotopic (exact) mass is 490 g/mol. The van der Waals surface area contributed by atoms with E-state index in [2.05, 4.69) is 20.2 Å². The molecule has 0 spiro atoms. The molecule has 3 N–H and O–H groups in total. The molecule has 0 saturated carbocycles. The third-order valence-electron chi connectivity index (χ3n) is 4.70. The molecule has 0 saturated heterocycles. The summed E-state index contributed by atoms with van der Waals surface area (Å²) in [6.45, 7) is 3.96. The van der Waals surface area contributed by atoms with E-state index >= 15 is 0 Å². The Kier molecular flexibility index (Phi) is 7.39. The molecule has 1 aromatic heterocycles. The lowest BCUT2D eigenvalue weighted by Gasteiger charge is -2.13. The summed E-state index contributed by atoms with van der Waals surface area (Å²) in [7, 11) is -2.81. The number of aromatic amines is 1. The fourth-order valence-corrected chi connectivity index (χ4v) is 4.54. The largest absolute Gasteiger partial charge is 0.465 e. The average Bonchev–Trinajstić information content (AvgIpc) is 3.27. The molecule has 1 heterocycles. The maximum atomic E-state index is 12.8. The highest BCUT2D eigenvalue weighted by Gasteiger charge is 2.19. The number of anilines is 1. The van der Waals surface area contributed by atoms with E-state index in [9.17, 15) is 18.0 Å². The van der Waals surface area contributed by atoms with Crippen LogP contribution in [0.3, 0.4) is 0 Å². The molecule has 174 valence electrons. The third kappa shape index (κ3) is 5.91. The van der Waals surface area contributed by atoms with E-state index in [-0.39, 0.29) is 39.3 Å². The van der Waals surface area contributed by atoms with Crippen LogP contribution in [0, 0.1) is 0 Å². The second-order valence-corrected chi connectivity index (χ2v) is 9.55. The van der Waals surface area contributed by atoms with E-state index in [1.807, 2.05) is 13.8 Å². The lowest BCUT2D eigenvalue weighted by molar-refractivity contribution is 0.0600. The molecule has 0 unspecified atom stereocenters. The summed E-state index contributed by atoms with van der Waals surface area (Å²) in [5.41, 5.74) is 1.75. The second kappa shape index (κ2) is 10.1. The van der Waals surface area contributed by atoms with Crippen LogP contribution < -0.4 is 10.0 Å². The summed E-state index contributed by atoms with van der Waals surface area (Å²) in [4.78, 5) is 24.5. The average molecular weight is 491 g/mol.